The Morgan fingerprint density at radius 1 is 1.35 bits per heavy atom. The molecule has 104 valence electrons. The van der Waals surface area contributed by atoms with Crippen LogP contribution in [0.4, 0.5) is 0 Å². The zero-order valence-corrected chi connectivity index (χ0v) is 11.5. The number of aromatic nitrogens is 2. The van der Waals surface area contributed by atoms with Crippen LogP contribution in [-0.2, 0) is 0 Å². The smallest absolute Gasteiger partial charge is 0.253 e. The molecule has 2 fully saturated rings. The van der Waals surface area contributed by atoms with Crippen molar-refractivity contribution >= 4 is 11.6 Å². The zero-order chi connectivity index (χ0) is 13.7. The van der Waals surface area contributed by atoms with Gasteiger partial charge in [-0.25, -0.2) is 4.98 Å². The van der Waals surface area contributed by atoms with E-state index in [9.17, 15) is 4.79 Å². The maximum atomic E-state index is 12.4. The van der Waals surface area contributed by atoms with Crippen molar-refractivity contribution in [2.75, 3.05) is 19.6 Å². The third-order valence-corrected chi connectivity index (χ3v) is 4.48. The van der Waals surface area contributed by atoms with Crippen LogP contribution < -0.4 is 5.32 Å². The Kier molecular flexibility index (Phi) is 2.57. The Balaban J connectivity index is 1.54. The second-order valence-corrected chi connectivity index (χ2v) is 5.95. The number of amides is 1. The first kappa shape index (κ1) is 11.9. The topological polar surface area (TPSA) is 49.6 Å². The number of piperidine rings is 1. The molecule has 2 aliphatic heterocycles. The van der Waals surface area contributed by atoms with E-state index in [1.54, 1.807) is 0 Å². The molecular weight excluding hydrogens is 252 g/mol. The van der Waals surface area contributed by atoms with Gasteiger partial charge in [-0.1, -0.05) is 0 Å². The van der Waals surface area contributed by atoms with Crippen molar-refractivity contribution < 1.29 is 4.79 Å². The van der Waals surface area contributed by atoms with Crippen molar-refractivity contribution in [2.24, 2.45) is 5.92 Å². The summed E-state index contributed by atoms with van der Waals surface area (Å²) in [4.78, 5) is 19.2. The number of imidazole rings is 1. The normalized spacial score (nSPS) is 28.1. The predicted molar refractivity (Wildman–Crippen MR) is 75.7 cm³/mol. The molecule has 2 unspecified atom stereocenters. The van der Waals surface area contributed by atoms with Gasteiger partial charge in [0.15, 0.2) is 0 Å². The summed E-state index contributed by atoms with van der Waals surface area (Å²) in [7, 11) is 0. The Morgan fingerprint density at radius 3 is 3.00 bits per heavy atom. The van der Waals surface area contributed by atoms with E-state index in [0.717, 1.165) is 24.4 Å². The van der Waals surface area contributed by atoms with Gasteiger partial charge in [0, 0.05) is 31.5 Å². The third kappa shape index (κ3) is 1.89. The molecule has 0 aromatic carbocycles. The number of pyridine rings is 1. The van der Waals surface area contributed by atoms with Crippen molar-refractivity contribution in [1.29, 1.82) is 0 Å². The van der Waals surface area contributed by atoms with Crippen molar-refractivity contribution in [3.63, 3.8) is 0 Å². The van der Waals surface area contributed by atoms with Gasteiger partial charge < -0.3 is 14.6 Å². The lowest BCUT2D eigenvalue weighted by Gasteiger charge is -2.23. The van der Waals surface area contributed by atoms with Gasteiger partial charge in [-0.15, -0.1) is 0 Å². The van der Waals surface area contributed by atoms with E-state index in [-0.39, 0.29) is 5.91 Å². The Morgan fingerprint density at radius 2 is 2.25 bits per heavy atom. The molecule has 2 aromatic heterocycles. The summed E-state index contributed by atoms with van der Waals surface area (Å²) in [6, 6.07) is 4.06. The van der Waals surface area contributed by atoms with E-state index < -0.39 is 0 Å². The van der Waals surface area contributed by atoms with E-state index in [1.165, 1.54) is 13.0 Å². The van der Waals surface area contributed by atoms with Gasteiger partial charge in [0.05, 0.1) is 11.3 Å². The lowest BCUT2D eigenvalue weighted by molar-refractivity contribution is 0.0924. The number of aryl methyl sites for hydroxylation is 1. The minimum absolute atomic E-state index is 0.0250. The summed E-state index contributed by atoms with van der Waals surface area (Å²) >= 11 is 0. The standard InChI is InChI=1S/C15H18N4O/c1-10-6-19-8-12(2-3-14(19)16-10)15(20)17-13-9-18-5-4-11(13)7-18/h2-3,6,8,11,13H,4-5,7,9H2,1H3,(H,17,20)/t11-,13?/m0/s1. The van der Waals surface area contributed by atoms with Crippen molar-refractivity contribution in [3.8, 4) is 0 Å². The molecule has 2 bridgehead atoms. The average Bonchev–Trinajstić information content (AvgIpc) is 3.10. The van der Waals surface area contributed by atoms with Gasteiger partial charge in [0.25, 0.3) is 5.91 Å². The van der Waals surface area contributed by atoms with Gasteiger partial charge in [0.1, 0.15) is 5.65 Å². The summed E-state index contributed by atoms with van der Waals surface area (Å²) < 4.78 is 1.91. The minimum Gasteiger partial charge on any atom is -0.348 e. The second-order valence-electron chi connectivity index (χ2n) is 5.95. The van der Waals surface area contributed by atoms with Crippen LogP contribution in [0.3, 0.4) is 0 Å². The van der Waals surface area contributed by atoms with Crippen LogP contribution >= 0.6 is 0 Å². The summed E-state index contributed by atoms with van der Waals surface area (Å²) in [5.41, 5.74) is 2.54. The number of carbonyl (C=O) groups is 1. The molecule has 0 aliphatic carbocycles. The van der Waals surface area contributed by atoms with E-state index in [1.807, 2.05) is 35.9 Å². The van der Waals surface area contributed by atoms with Crippen LogP contribution in [0.15, 0.2) is 24.5 Å². The van der Waals surface area contributed by atoms with E-state index in [0.29, 0.717) is 17.5 Å². The third-order valence-electron chi connectivity index (χ3n) is 4.48. The number of fused-ring (bicyclic) bond motifs is 3. The Labute approximate surface area is 117 Å². The first-order chi connectivity index (χ1) is 9.69. The second kappa shape index (κ2) is 4.31. The van der Waals surface area contributed by atoms with Crippen LogP contribution in [0.5, 0.6) is 0 Å². The predicted octanol–water partition coefficient (Wildman–Crippen LogP) is 1.08. The van der Waals surface area contributed by atoms with Gasteiger partial charge >= 0.3 is 0 Å². The van der Waals surface area contributed by atoms with E-state index >= 15 is 0 Å². The summed E-state index contributed by atoms with van der Waals surface area (Å²) in [6.45, 7) is 5.29. The van der Waals surface area contributed by atoms with E-state index in [2.05, 4.69) is 15.2 Å². The molecule has 2 aliphatic rings. The number of nitrogens with one attached hydrogen (secondary N) is 1. The highest BCUT2D eigenvalue weighted by molar-refractivity contribution is 5.94. The molecule has 4 heterocycles. The fourth-order valence-corrected chi connectivity index (χ4v) is 3.45. The molecule has 1 N–H and O–H groups in total. The molecule has 1 amide bonds. The van der Waals surface area contributed by atoms with Crippen molar-refractivity contribution in [3.05, 3.63) is 35.8 Å². The monoisotopic (exact) mass is 270 g/mol. The van der Waals surface area contributed by atoms with Crippen LogP contribution in [0.2, 0.25) is 0 Å². The van der Waals surface area contributed by atoms with Gasteiger partial charge in [-0.3, -0.25) is 4.79 Å². The summed E-state index contributed by atoms with van der Waals surface area (Å²) in [5.74, 6) is 0.662. The number of rotatable bonds is 2. The summed E-state index contributed by atoms with van der Waals surface area (Å²) in [6.07, 6.45) is 5.01. The molecule has 5 nitrogen and oxygen atoms in total. The molecule has 0 spiro atoms. The Bertz CT molecular complexity index is 678. The van der Waals surface area contributed by atoms with Crippen LogP contribution in [0.25, 0.3) is 5.65 Å². The highest BCUT2D eigenvalue weighted by atomic mass is 16.1. The zero-order valence-electron chi connectivity index (χ0n) is 11.5. The first-order valence-corrected chi connectivity index (χ1v) is 7.17. The number of carbonyl (C=O) groups excluding carboxylic acids is 1. The van der Waals surface area contributed by atoms with Crippen molar-refractivity contribution in [2.45, 2.75) is 19.4 Å². The first-order valence-electron chi connectivity index (χ1n) is 7.17. The molecule has 5 heteroatoms. The molecule has 2 saturated heterocycles. The SMILES string of the molecule is Cc1cn2cc(C(=O)NC3CN4CC[C@H]3C4)ccc2n1. The quantitative estimate of drug-likeness (QED) is 0.888. The lowest BCUT2D eigenvalue weighted by Crippen LogP contribution is -2.43. The van der Waals surface area contributed by atoms with Gasteiger partial charge in [-0.05, 0) is 37.9 Å². The lowest BCUT2D eigenvalue weighted by atomic mass is 10.00. The van der Waals surface area contributed by atoms with Gasteiger partial charge in [0.2, 0.25) is 0 Å². The molecule has 3 atom stereocenters. The maximum Gasteiger partial charge on any atom is 0.253 e. The van der Waals surface area contributed by atoms with Gasteiger partial charge in [-0.2, -0.15) is 0 Å². The van der Waals surface area contributed by atoms with Crippen LogP contribution in [0, 0.1) is 12.8 Å². The van der Waals surface area contributed by atoms with E-state index in [4.69, 9.17) is 0 Å². The largest absolute Gasteiger partial charge is 0.348 e. The molecular formula is C15H18N4O. The molecule has 2 aromatic rings. The maximum absolute atomic E-state index is 12.4. The highest BCUT2D eigenvalue weighted by Gasteiger charge is 2.38. The number of hydrogen-bond acceptors (Lipinski definition) is 3. The van der Waals surface area contributed by atoms with Crippen molar-refractivity contribution in [1.82, 2.24) is 19.6 Å². The molecule has 0 saturated carbocycles. The van der Waals surface area contributed by atoms with Crippen LogP contribution in [0.1, 0.15) is 22.5 Å². The van der Waals surface area contributed by atoms with Crippen LogP contribution in [-0.4, -0.2) is 45.9 Å². The summed E-state index contributed by atoms with van der Waals surface area (Å²) in [5, 5.41) is 3.18. The molecule has 4 rings (SSSR count). The fraction of sp³-hybridized carbons (Fsp3) is 0.467. The molecule has 0 radical (unpaired) electrons. The highest BCUT2D eigenvalue weighted by Crippen LogP contribution is 2.27. The average molecular weight is 270 g/mol. The Hall–Kier alpha value is -1.88. The fourth-order valence-electron chi connectivity index (χ4n) is 3.45. The minimum atomic E-state index is 0.0250. The number of nitrogens with zero attached hydrogens (tertiary/aromatic N) is 3. The molecule has 20 heavy (non-hydrogen) atoms. The number of hydrogen-bond donors (Lipinski definition) is 1.